The molecule has 0 N–H and O–H groups in total. The number of para-hydroxylation sites is 2. The summed E-state index contributed by atoms with van der Waals surface area (Å²) < 4.78 is 51.0. The summed E-state index contributed by atoms with van der Waals surface area (Å²) in [6.07, 6.45) is 0. The summed E-state index contributed by atoms with van der Waals surface area (Å²) >= 11 is 0. The van der Waals surface area contributed by atoms with E-state index in [0.29, 0.717) is 22.5 Å². The molecule has 224 valence electrons. The molecular formula is C43H26N4O. The fraction of sp³-hybridized carbons (Fsp3) is 0. The highest BCUT2D eigenvalue weighted by atomic mass is 16.3. The van der Waals surface area contributed by atoms with E-state index in [0.717, 1.165) is 54.6 Å². The van der Waals surface area contributed by atoms with Crippen molar-refractivity contribution in [1.29, 1.82) is 0 Å². The Hall–Kier alpha value is -6.59. The van der Waals surface area contributed by atoms with E-state index < -0.39 is 30.2 Å². The van der Waals surface area contributed by atoms with Crippen LogP contribution in [0, 0.1) is 0 Å². The van der Waals surface area contributed by atoms with Crippen LogP contribution in [0.4, 0.5) is 0 Å². The van der Waals surface area contributed by atoms with E-state index >= 15 is 0 Å². The Morgan fingerprint density at radius 3 is 1.85 bits per heavy atom. The summed E-state index contributed by atoms with van der Waals surface area (Å²) in [5.41, 5.74) is 5.59. The number of hydrogen-bond donors (Lipinski definition) is 0. The van der Waals surface area contributed by atoms with E-state index in [1.807, 2.05) is 84.9 Å². The molecular weight excluding hydrogens is 589 g/mol. The van der Waals surface area contributed by atoms with Gasteiger partial charge >= 0.3 is 0 Å². The molecule has 0 aliphatic carbocycles. The first kappa shape index (κ1) is 22.0. The summed E-state index contributed by atoms with van der Waals surface area (Å²) in [6.45, 7) is 0. The summed E-state index contributed by atoms with van der Waals surface area (Å²) in [7, 11) is 0. The summed E-state index contributed by atoms with van der Waals surface area (Å²) in [4.78, 5) is 14.5. The highest BCUT2D eigenvalue weighted by molar-refractivity contribution is 6.11. The third kappa shape index (κ3) is 4.22. The van der Waals surface area contributed by atoms with Crippen LogP contribution in [0.2, 0.25) is 0 Å². The standard InChI is InChI=1S/C43H26N4O/c1-3-11-27(12-4-1)41-44-42(30-19-21-34-33-17-9-10-18-37(33)47(38(34)24-30)32-15-5-2-6-16-32)46-43(45-41)31-20-22-35-36-23-28-13-7-8-14-29(28)25-40(36)48-39(35)26-31/h1-26H/i1D,3D,4D,11D,12D. The van der Waals surface area contributed by atoms with E-state index in [1.54, 1.807) is 0 Å². The van der Waals surface area contributed by atoms with Crippen LogP contribution >= 0.6 is 0 Å². The molecule has 0 radical (unpaired) electrons. The van der Waals surface area contributed by atoms with Gasteiger partial charge in [0.1, 0.15) is 11.2 Å². The number of hydrogen-bond acceptors (Lipinski definition) is 4. The van der Waals surface area contributed by atoms with Crippen LogP contribution in [0.15, 0.2) is 162 Å². The third-order valence-electron chi connectivity index (χ3n) is 8.90. The van der Waals surface area contributed by atoms with Gasteiger partial charge in [-0.15, -0.1) is 0 Å². The molecule has 0 bridgehead atoms. The zero-order valence-corrected chi connectivity index (χ0v) is 25.3. The maximum Gasteiger partial charge on any atom is 0.164 e. The Balaban J connectivity index is 1.22. The van der Waals surface area contributed by atoms with Crippen molar-refractivity contribution >= 4 is 54.5 Å². The Labute approximate surface area is 282 Å². The van der Waals surface area contributed by atoms with Gasteiger partial charge in [-0.25, -0.2) is 15.0 Å². The first-order valence-electron chi connectivity index (χ1n) is 18.1. The Kier molecular flexibility index (Phi) is 4.81. The van der Waals surface area contributed by atoms with E-state index in [2.05, 4.69) is 47.0 Å². The highest BCUT2D eigenvalue weighted by Gasteiger charge is 2.17. The fourth-order valence-electron chi connectivity index (χ4n) is 6.67. The second kappa shape index (κ2) is 10.5. The molecule has 3 heterocycles. The van der Waals surface area contributed by atoms with Crippen molar-refractivity contribution in [1.82, 2.24) is 19.5 Å². The molecule has 7 aromatic carbocycles. The zero-order chi connectivity index (χ0) is 36.0. The topological polar surface area (TPSA) is 56.7 Å². The van der Waals surface area contributed by atoms with Crippen LogP contribution in [0.1, 0.15) is 6.85 Å². The fourth-order valence-corrected chi connectivity index (χ4v) is 6.67. The summed E-state index contributed by atoms with van der Waals surface area (Å²) in [5.74, 6) is 0.536. The van der Waals surface area contributed by atoms with Crippen molar-refractivity contribution in [3.63, 3.8) is 0 Å². The van der Waals surface area contributed by atoms with Gasteiger partial charge in [-0.2, -0.15) is 0 Å². The van der Waals surface area contributed by atoms with E-state index in [1.165, 1.54) is 0 Å². The van der Waals surface area contributed by atoms with Gasteiger partial charge in [0.2, 0.25) is 0 Å². The van der Waals surface area contributed by atoms with Gasteiger partial charge in [0.15, 0.2) is 17.5 Å². The van der Waals surface area contributed by atoms with Crippen molar-refractivity contribution in [2.24, 2.45) is 0 Å². The molecule has 5 nitrogen and oxygen atoms in total. The number of aromatic nitrogens is 4. The predicted molar refractivity (Wildman–Crippen MR) is 195 cm³/mol. The number of nitrogens with zero attached hydrogens (tertiary/aromatic N) is 4. The van der Waals surface area contributed by atoms with Crippen LogP contribution in [0.3, 0.4) is 0 Å². The molecule has 0 aliphatic heterocycles. The smallest absolute Gasteiger partial charge is 0.164 e. The Bertz CT molecular complexity index is 3110. The maximum atomic E-state index is 8.76. The van der Waals surface area contributed by atoms with Crippen LogP contribution in [-0.4, -0.2) is 19.5 Å². The molecule has 48 heavy (non-hydrogen) atoms. The van der Waals surface area contributed by atoms with Crippen LogP contribution in [0.25, 0.3) is 94.4 Å². The van der Waals surface area contributed by atoms with Gasteiger partial charge in [-0.3, -0.25) is 0 Å². The van der Waals surface area contributed by atoms with Crippen molar-refractivity contribution < 1.29 is 11.3 Å². The average molecular weight is 620 g/mol. The van der Waals surface area contributed by atoms with Crippen LogP contribution < -0.4 is 0 Å². The monoisotopic (exact) mass is 619 g/mol. The minimum Gasteiger partial charge on any atom is -0.456 e. The highest BCUT2D eigenvalue weighted by Crippen LogP contribution is 2.37. The van der Waals surface area contributed by atoms with E-state index in [9.17, 15) is 0 Å². The van der Waals surface area contributed by atoms with Gasteiger partial charge in [0.25, 0.3) is 0 Å². The van der Waals surface area contributed by atoms with Crippen LogP contribution in [0.5, 0.6) is 0 Å². The molecule has 0 amide bonds. The lowest BCUT2D eigenvalue weighted by atomic mass is 10.1. The molecule has 0 unspecified atom stereocenters. The molecule has 0 atom stereocenters. The van der Waals surface area contributed by atoms with E-state index in [-0.39, 0.29) is 17.2 Å². The van der Waals surface area contributed by atoms with Gasteiger partial charge in [-0.05, 0) is 59.3 Å². The van der Waals surface area contributed by atoms with Gasteiger partial charge < -0.3 is 8.98 Å². The van der Waals surface area contributed by atoms with Gasteiger partial charge in [-0.1, -0.05) is 109 Å². The molecule has 0 saturated heterocycles. The second-order valence-electron chi connectivity index (χ2n) is 11.7. The molecule has 0 spiro atoms. The number of fused-ring (bicyclic) bond motifs is 7. The average Bonchev–Trinajstić information content (AvgIpc) is 3.72. The maximum absolute atomic E-state index is 8.76. The van der Waals surface area contributed by atoms with Crippen LogP contribution in [-0.2, 0) is 0 Å². The van der Waals surface area contributed by atoms with Crippen molar-refractivity contribution in [2.45, 2.75) is 0 Å². The lowest BCUT2D eigenvalue weighted by molar-refractivity contribution is 0.669. The number of rotatable bonds is 4. The van der Waals surface area contributed by atoms with Gasteiger partial charge in [0.05, 0.1) is 17.9 Å². The van der Waals surface area contributed by atoms with Crippen molar-refractivity contribution in [3.8, 4) is 39.9 Å². The molecule has 0 saturated carbocycles. The van der Waals surface area contributed by atoms with Gasteiger partial charge in [0, 0.05) is 43.9 Å². The minimum absolute atomic E-state index is 0.0262. The molecule has 0 aliphatic rings. The Morgan fingerprint density at radius 2 is 1.06 bits per heavy atom. The largest absolute Gasteiger partial charge is 0.456 e. The first-order valence-corrected chi connectivity index (χ1v) is 15.6. The van der Waals surface area contributed by atoms with E-state index in [4.69, 9.17) is 26.2 Å². The molecule has 5 heteroatoms. The SMILES string of the molecule is [2H]c1c([2H])c([2H])c(-c2nc(-c3ccc4c(c3)oc3cc5ccccc5cc34)nc(-c3ccc4c5ccccc5n(-c5ccccc5)c4c3)n2)c([2H])c1[2H]. The second-order valence-corrected chi connectivity index (χ2v) is 11.7. The zero-order valence-electron chi connectivity index (χ0n) is 30.3. The van der Waals surface area contributed by atoms with Crippen molar-refractivity contribution in [3.05, 3.63) is 158 Å². The normalized spacial score (nSPS) is 13.2. The van der Waals surface area contributed by atoms with Crippen molar-refractivity contribution in [2.75, 3.05) is 0 Å². The summed E-state index contributed by atoms with van der Waals surface area (Å²) in [6, 6.07) is 40.3. The number of benzene rings is 7. The molecule has 0 fully saturated rings. The lowest BCUT2D eigenvalue weighted by Gasteiger charge is -2.10. The predicted octanol–water partition coefficient (Wildman–Crippen LogP) is 11.0. The molecule has 3 aromatic heterocycles. The third-order valence-corrected chi connectivity index (χ3v) is 8.90. The minimum atomic E-state index is -0.486. The summed E-state index contributed by atoms with van der Waals surface area (Å²) in [5, 5.41) is 6.27. The first-order chi connectivity index (χ1) is 25.8. The molecule has 10 rings (SSSR count). The number of furan rings is 1. The molecule has 10 aromatic rings. The lowest BCUT2D eigenvalue weighted by Crippen LogP contribution is -2.00. The Morgan fingerprint density at radius 1 is 0.458 bits per heavy atom. The quantitative estimate of drug-likeness (QED) is 0.197.